The maximum Gasteiger partial charge on any atom is 0.251 e. The molecule has 1 aromatic heterocycles. The van der Waals surface area contributed by atoms with Gasteiger partial charge in [0.05, 0.1) is 11.0 Å². The molecule has 2 aromatic carbocycles. The van der Waals surface area contributed by atoms with Crippen LogP contribution in [0.4, 0.5) is 0 Å². The molecule has 0 aliphatic carbocycles. The first-order chi connectivity index (χ1) is 12.0. The second-order valence-corrected chi connectivity index (χ2v) is 6.70. The van der Waals surface area contributed by atoms with Gasteiger partial charge in [0, 0.05) is 17.8 Å². The van der Waals surface area contributed by atoms with Crippen LogP contribution in [0.2, 0.25) is 0 Å². The van der Waals surface area contributed by atoms with Gasteiger partial charge >= 0.3 is 0 Å². The van der Waals surface area contributed by atoms with Crippen LogP contribution in [0.25, 0.3) is 16.7 Å². The van der Waals surface area contributed by atoms with E-state index in [1.807, 2.05) is 32.0 Å². The summed E-state index contributed by atoms with van der Waals surface area (Å²) in [6.07, 6.45) is 0.925. The number of nitrogens with zero attached hydrogens (tertiary/aromatic N) is 2. The monoisotopic (exact) mass is 335 g/mol. The number of rotatable bonds is 5. The van der Waals surface area contributed by atoms with Crippen LogP contribution in [0.5, 0.6) is 0 Å². The molecule has 1 heterocycles. The molecule has 4 nitrogen and oxygen atoms in total. The van der Waals surface area contributed by atoms with Gasteiger partial charge in [-0.2, -0.15) is 0 Å². The zero-order valence-corrected chi connectivity index (χ0v) is 15.3. The summed E-state index contributed by atoms with van der Waals surface area (Å²) in [7, 11) is 0. The molecule has 0 bridgehead atoms. The van der Waals surface area contributed by atoms with E-state index in [4.69, 9.17) is 0 Å². The van der Waals surface area contributed by atoms with Crippen molar-refractivity contribution < 1.29 is 4.79 Å². The molecule has 0 aliphatic rings. The summed E-state index contributed by atoms with van der Waals surface area (Å²) in [5.41, 5.74) is 4.92. The van der Waals surface area contributed by atoms with Crippen LogP contribution < -0.4 is 5.32 Å². The zero-order valence-electron chi connectivity index (χ0n) is 15.3. The highest BCUT2D eigenvalue weighted by atomic mass is 16.1. The molecule has 0 fully saturated rings. The quantitative estimate of drug-likeness (QED) is 0.741. The number of aromatic nitrogens is 2. The number of nitrogens with one attached hydrogen (secondary N) is 1. The van der Waals surface area contributed by atoms with E-state index in [1.54, 1.807) is 0 Å². The average molecular weight is 335 g/mol. The largest absolute Gasteiger partial charge is 0.352 e. The highest BCUT2D eigenvalue weighted by Crippen LogP contribution is 2.24. The molecule has 0 aliphatic heterocycles. The Morgan fingerprint density at radius 3 is 2.52 bits per heavy atom. The third-order valence-corrected chi connectivity index (χ3v) is 4.44. The van der Waals surface area contributed by atoms with Crippen molar-refractivity contribution in [3.63, 3.8) is 0 Å². The fourth-order valence-corrected chi connectivity index (χ4v) is 3.02. The van der Waals surface area contributed by atoms with Crippen molar-refractivity contribution in [2.24, 2.45) is 0 Å². The number of fused-ring (bicyclic) bond motifs is 1. The molecule has 3 aromatic rings. The van der Waals surface area contributed by atoms with Gasteiger partial charge in [-0.25, -0.2) is 4.98 Å². The first-order valence-electron chi connectivity index (χ1n) is 8.89. The van der Waals surface area contributed by atoms with Crippen LogP contribution in [0, 0.1) is 6.92 Å². The minimum atomic E-state index is -0.0442. The number of hydrogen-bond acceptors (Lipinski definition) is 2. The summed E-state index contributed by atoms with van der Waals surface area (Å²) in [6, 6.07) is 14.3. The number of carbonyl (C=O) groups excluding carboxylic acids is 1. The molecule has 4 heteroatoms. The van der Waals surface area contributed by atoms with E-state index in [0.29, 0.717) is 18.0 Å². The van der Waals surface area contributed by atoms with Crippen LogP contribution in [0.15, 0.2) is 42.5 Å². The number of imidazole rings is 1. The second kappa shape index (κ2) is 7.09. The number of hydrogen-bond donors (Lipinski definition) is 1. The maximum absolute atomic E-state index is 12.2. The van der Waals surface area contributed by atoms with Gasteiger partial charge in [0.25, 0.3) is 5.91 Å². The van der Waals surface area contributed by atoms with E-state index in [2.05, 4.69) is 53.0 Å². The van der Waals surface area contributed by atoms with Crippen molar-refractivity contribution in [3.8, 4) is 5.69 Å². The Morgan fingerprint density at radius 1 is 1.16 bits per heavy atom. The average Bonchev–Trinajstić information content (AvgIpc) is 2.94. The smallest absolute Gasteiger partial charge is 0.251 e. The van der Waals surface area contributed by atoms with Crippen LogP contribution in [-0.2, 0) is 0 Å². The fourth-order valence-electron chi connectivity index (χ4n) is 3.02. The standard InChI is InChI=1S/C21H25N3O/c1-5-12-22-21(25)17-8-11-20-19(13-17)23-15(4)24(20)18-9-6-16(7-10-18)14(2)3/h6-11,13-14H,5,12H2,1-4H3,(H,22,25). The van der Waals surface area contributed by atoms with E-state index in [1.165, 1.54) is 5.56 Å². The van der Waals surface area contributed by atoms with Crippen molar-refractivity contribution in [2.45, 2.75) is 40.0 Å². The molecule has 130 valence electrons. The predicted octanol–water partition coefficient (Wildman–Crippen LogP) is 4.60. The number of aryl methyl sites for hydroxylation is 1. The van der Waals surface area contributed by atoms with Gasteiger partial charge in [0.1, 0.15) is 5.82 Å². The summed E-state index contributed by atoms with van der Waals surface area (Å²) in [5, 5.41) is 2.91. The minimum Gasteiger partial charge on any atom is -0.352 e. The number of amides is 1. The van der Waals surface area contributed by atoms with Crippen molar-refractivity contribution >= 4 is 16.9 Å². The van der Waals surface area contributed by atoms with Gasteiger partial charge in [-0.1, -0.05) is 32.9 Å². The second-order valence-electron chi connectivity index (χ2n) is 6.70. The number of benzene rings is 2. The van der Waals surface area contributed by atoms with Gasteiger partial charge in [0.15, 0.2) is 0 Å². The summed E-state index contributed by atoms with van der Waals surface area (Å²) in [5.74, 6) is 1.38. The van der Waals surface area contributed by atoms with Gasteiger partial charge in [-0.15, -0.1) is 0 Å². The zero-order chi connectivity index (χ0) is 18.0. The maximum atomic E-state index is 12.2. The van der Waals surface area contributed by atoms with Gasteiger partial charge in [0.2, 0.25) is 0 Å². The van der Waals surface area contributed by atoms with Crippen LogP contribution in [-0.4, -0.2) is 22.0 Å². The summed E-state index contributed by atoms with van der Waals surface area (Å²) in [6.45, 7) is 9.11. The lowest BCUT2D eigenvalue weighted by atomic mass is 10.0. The summed E-state index contributed by atoms with van der Waals surface area (Å²) < 4.78 is 2.13. The van der Waals surface area contributed by atoms with Crippen molar-refractivity contribution in [1.29, 1.82) is 0 Å². The summed E-state index contributed by atoms with van der Waals surface area (Å²) in [4.78, 5) is 16.8. The lowest BCUT2D eigenvalue weighted by Gasteiger charge is -2.10. The Morgan fingerprint density at radius 2 is 1.88 bits per heavy atom. The topological polar surface area (TPSA) is 46.9 Å². The highest BCUT2D eigenvalue weighted by Gasteiger charge is 2.12. The van der Waals surface area contributed by atoms with Gasteiger partial charge in [-0.3, -0.25) is 9.36 Å². The lowest BCUT2D eigenvalue weighted by molar-refractivity contribution is 0.0954. The SMILES string of the molecule is CCCNC(=O)c1ccc2c(c1)nc(C)n2-c1ccc(C(C)C)cc1. The summed E-state index contributed by atoms with van der Waals surface area (Å²) >= 11 is 0. The Balaban J connectivity index is 1.99. The molecule has 25 heavy (non-hydrogen) atoms. The molecule has 0 radical (unpaired) electrons. The molecule has 0 unspecified atom stereocenters. The van der Waals surface area contributed by atoms with Crippen molar-refractivity contribution in [3.05, 3.63) is 59.4 Å². The molecule has 3 rings (SSSR count). The fraction of sp³-hybridized carbons (Fsp3) is 0.333. The molecule has 0 saturated carbocycles. The van der Waals surface area contributed by atoms with E-state index in [-0.39, 0.29) is 5.91 Å². The minimum absolute atomic E-state index is 0.0442. The van der Waals surface area contributed by atoms with Crippen molar-refractivity contribution in [1.82, 2.24) is 14.9 Å². The molecule has 0 saturated heterocycles. The molecule has 1 N–H and O–H groups in total. The van der Waals surface area contributed by atoms with Crippen molar-refractivity contribution in [2.75, 3.05) is 6.54 Å². The Hall–Kier alpha value is -2.62. The molecule has 0 spiro atoms. The Kier molecular flexibility index (Phi) is 4.88. The molecular formula is C21H25N3O. The van der Waals surface area contributed by atoms with Crippen LogP contribution >= 0.6 is 0 Å². The Labute approximate surface area is 148 Å². The van der Waals surface area contributed by atoms with E-state index in [9.17, 15) is 4.79 Å². The highest BCUT2D eigenvalue weighted by molar-refractivity contribution is 5.97. The van der Waals surface area contributed by atoms with Crippen LogP contribution in [0.1, 0.15) is 54.9 Å². The molecular weight excluding hydrogens is 310 g/mol. The normalized spacial score (nSPS) is 11.2. The molecule has 0 atom stereocenters. The first-order valence-corrected chi connectivity index (χ1v) is 8.89. The Bertz CT molecular complexity index is 891. The van der Waals surface area contributed by atoms with E-state index >= 15 is 0 Å². The number of carbonyl (C=O) groups is 1. The lowest BCUT2D eigenvalue weighted by Crippen LogP contribution is -2.23. The van der Waals surface area contributed by atoms with E-state index in [0.717, 1.165) is 29.0 Å². The molecule has 1 amide bonds. The third-order valence-electron chi connectivity index (χ3n) is 4.44. The van der Waals surface area contributed by atoms with E-state index < -0.39 is 0 Å². The predicted molar refractivity (Wildman–Crippen MR) is 103 cm³/mol. The third kappa shape index (κ3) is 3.43. The first kappa shape index (κ1) is 17.2. The van der Waals surface area contributed by atoms with Gasteiger partial charge < -0.3 is 5.32 Å². The van der Waals surface area contributed by atoms with Crippen LogP contribution in [0.3, 0.4) is 0 Å². The van der Waals surface area contributed by atoms with Gasteiger partial charge in [-0.05, 0) is 55.2 Å².